The smallest absolute Gasteiger partial charge is 0.303 e. The second-order valence-electron chi connectivity index (χ2n) is 5.17. The van der Waals surface area contributed by atoms with Crippen molar-refractivity contribution >= 4 is 37.6 Å². The van der Waals surface area contributed by atoms with E-state index >= 15 is 0 Å². The highest BCUT2D eigenvalue weighted by atomic mass is 79.9. The van der Waals surface area contributed by atoms with Crippen LogP contribution in [0, 0.1) is 11.6 Å². The van der Waals surface area contributed by atoms with Gasteiger partial charge in [0.1, 0.15) is 5.82 Å². The molecule has 6 nitrogen and oxygen atoms in total. The Morgan fingerprint density at radius 3 is 2.54 bits per heavy atom. The Morgan fingerprint density at radius 1 is 1.19 bits per heavy atom. The number of hydrogen-bond donors (Lipinski definition) is 2. The van der Waals surface area contributed by atoms with Gasteiger partial charge in [-0.15, -0.1) is 0 Å². The highest BCUT2D eigenvalue weighted by Gasteiger charge is 2.18. The minimum Gasteiger partial charge on any atom is -0.491 e. The number of aliphatic carboxylic acids is 1. The van der Waals surface area contributed by atoms with Gasteiger partial charge in [-0.25, -0.2) is 17.2 Å². The molecule has 0 saturated heterocycles. The van der Waals surface area contributed by atoms with E-state index in [1.54, 1.807) is 0 Å². The van der Waals surface area contributed by atoms with Gasteiger partial charge in [0.25, 0.3) is 10.0 Å². The van der Waals surface area contributed by atoms with E-state index in [2.05, 4.69) is 20.7 Å². The molecule has 0 saturated carbocycles. The lowest BCUT2D eigenvalue weighted by Crippen LogP contribution is -2.14. The van der Waals surface area contributed by atoms with Crippen LogP contribution in [-0.4, -0.2) is 26.1 Å². The number of hydrogen-bond acceptors (Lipinski definition) is 4. The van der Waals surface area contributed by atoms with Crippen LogP contribution in [0.2, 0.25) is 0 Å². The second-order valence-corrected chi connectivity index (χ2v) is 7.70. The first kappa shape index (κ1) is 20.1. The lowest BCUT2D eigenvalue weighted by molar-refractivity contribution is -0.137. The molecule has 0 aliphatic rings. The third kappa shape index (κ3) is 5.40. The molecule has 2 N–H and O–H groups in total. The molecule has 0 unspecified atom stereocenters. The number of carboxylic acids is 1. The standard InChI is InChI=1S/C16H14BrF2NO5S/c17-12-8-10(18)3-5-14(12)20-26(23,24)11-4-6-15(13(19)9-11)25-7-1-2-16(21)22/h3-6,8-9,20H,1-2,7H2,(H,21,22). The summed E-state index contributed by atoms with van der Waals surface area (Å²) < 4.78 is 59.3. The largest absolute Gasteiger partial charge is 0.491 e. The van der Waals surface area contributed by atoms with Crippen molar-refractivity contribution in [2.75, 3.05) is 11.3 Å². The van der Waals surface area contributed by atoms with Crippen LogP contribution in [0.1, 0.15) is 12.8 Å². The number of halogens is 3. The molecule has 0 aliphatic carbocycles. The zero-order valence-corrected chi connectivity index (χ0v) is 15.6. The van der Waals surface area contributed by atoms with Crippen molar-refractivity contribution in [2.24, 2.45) is 0 Å². The Hall–Kier alpha value is -2.20. The summed E-state index contributed by atoms with van der Waals surface area (Å²) in [4.78, 5) is 10.1. The molecule has 2 rings (SSSR count). The van der Waals surface area contributed by atoms with Gasteiger partial charge >= 0.3 is 5.97 Å². The number of benzene rings is 2. The first-order chi connectivity index (χ1) is 12.2. The zero-order valence-electron chi connectivity index (χ0n) is 13.2. The maximum absolute atomic E-state index is 14.0. The van der Waals surface area contributed by atoms with Gasteiger partial charge in [-0.1, -0.05) is 0 Å². The zero-order chi connectivity index (χ0) is 19.3. The van der Waals surface area contributed by atoms with Crippen molar-refractivity contribution < 1.29 is 31.8 Å². The van der Waals surface area contributed by atoms with Crippen molar-refractivity contribution in [3.63, 3.8) is 0 Å². The first-order valence-electron chi connectivity index (χ1n) is 7.31. The first-order valence-corrected chi connectivity index (χ1v) is 9.58. The molecule has 0 fully saturated rings. The molecule has 0 bridgehead atoms. The Labute approximate surface area is 157 Å². The van der Waals surface area contributed by atoms with E-state index in [0.29, 0.717) is 0 Å². The fraction of sp³-hybridized carbons (Fsp3) is 0.188. The fourth-order valence-electron chi connectivity index (χ4n) is 1.95. The van der Waals surface area contributed by atoms with E-state index in [0.717, 1.165) is 30.3 Å². The van der Waals surface area contributed by atoms with Gasteiger partial charge in [-0.3, -0.25) is 9.52 Å². The Morgan fingerprint density at radius 2 is 1.92 bits per heavy atom. The summed E-state index contributed by atoms with van der Waals surface area (Å²) in [6, 6.07) is 6.48. The van der Waals surface area contributed by atoms with Crippen molar-refractivity contribution in [1.29, 1.82) is 0 Å². The van der Waals surface area contributed by atoms with Crippen LogP contribution >= 0.6 is 15.9 Å². The highest BCUT2D eigenvalue weighted by Crippen LogP contribution is 2.27. The number of nitrogens with one attached hydrogen (secondary N) is 1. The van der Waals surface area contributed by atoms with Crippen LogP contribution in [0.4, 0.5) is 14.5 Å². The molecular formula is C16H14BrF2NO5S. The molecule has 0 radical (unpaired) electrons. The van der Waals surface area contributed by atoms with Crippen LogP contribution < -0.4 is 9.46 Å². The molecule has 2 aromatic carbocycles. The molecule has 0 aromatic heterocycles. The molecule has 0 atom stereocenters. The lowest BCUT2D eigenvalue weighted by Gasteiger charge is -2.11. The van der Waals surface area contributed by atoms with Crippen molar-refractivity contribution in [3.05, 3.63) is 52.5 Å². The summed E-state index contributed by atoms with van der Waals surface area (Å²) in [5.41, 5.74) is 0.0980. The summed E-state index contributed by atoms with van der Waals surface area (Å²) in [6.07, 6.45) is 0.0690. The SMILES string of the molecule is O=C(O)CCCOc1ccc(S(=O)(=O)Nc2ccc(F)cc2Br)cc1F. The second kappa shape index (κ2) is 8.45. The topological polar surface area (TPSA) is 92.7 Å². The van der Waals surface area contributed by atoms with Gasteiger partial charge in [-0.05, 0) is 58.7 Å². The van der Waals surface area contributed by atoms with Crippen molar-refractivity contribution in [2.45, 2.75) is 17.7 Å². The molecule has 0 spiro atoms. The van der Waals surface area contributed by atoms with Gasteiger partial charge in [0.05, 0.1) is 17.2 Å². The Bertz CT molecular complexity index is 921. The van der Waals surface area contributed by atoms with E-state index in [-0.39, 0.29) is 40.3 Å². The quantitative estimate of drug-likeness (QED) is 0.598. The molecule has 26 heavy (non-hydrogen) atoms. The van der Waals surface area contributed by atoms with E-state index in [4.69, 9.17) is 9.84 Å². The van der Waals surface area contributed by atoms with Crippen LogP contribution in [0.25, 0.3) is 0 Å². The normalized spacial score (nSPS) is 11.2. The number of sulfonamides is 1. The minimum atomic E-state index is -4.10. The third-order valence-corrected chi connectivity index (χ3v) is 5.20. The monoisotopic (exact) mass is 449 g/mol. The van der Waals surface area contributed by atoms with Gasteiger partial charge < -0.3 is 9.84 Å². The number of rotatable bonds is 8. The van der Waals surface area contributed by atoms with Gasteiger partial charge in [0.15, 0.2) is 11.6 Å². The predicted molar refractivity (Wildman–Crippen MR) is 93.7 cm³/mol. The van der Waals surface area contributed by atoms with Crippen LogP contribution in [0.5, 0.6) is 5.75 Å². The summed E-state index contributed by atoms with van der Waals surface area (Å²) >= 11 is 3.04. The van der Waals surface area contributed by atoms with Gasteiger partial charge in [0, 0.05) is 10.9 Å². The Kier molecular flexibility index (Phi) is 6.54. The molecule has 0 heterocycles. The third-order valence-electron chi connectivity index (χ3n) is 3.18. The minimum absolute atomic E-state index is 0.0178. The van der Waals surface area contributed by atoms with Crippen molar-refractivity contribution in [3.8, 4) is 5.75 Å². The average molecular weight is 450 g/mol. The van der Waals surface area contributed by atoms with Crippen molar-refractivity contribution in [1.82, 2.24) is 0 Å². The number of ether oxygens (including phenoxy) is 1. The Balaban J connectivity index is 2.12. The summed E-state index contributed by atoms with van der Waals surface area (Å²) in [5.74, 6) is -2.62. The maximum Gasteiger partial charge on any atom is 0.303 e. The predicted octanol–water partition coefficient (Wildman–Crippen LogP) is 3.77. The highest BCUT2D eigenvalue weighted by molar-refractivity contribution is 9.10. The molecule has 10 heteroatoms. The summed E-state index contributed by atoms with van der Waals surface area (Å²) in [7, 11) is -4.10. The number of carboxylic acid groups (broad SMARTS) is 1. The summed E-state index contributed by atoms with van der Waals surface area (Å²) in [6.45, 7) is -0.0178. The molecule has 0 aliphatic heterocycles. The number of carbonyl (C=O) groups is 1. The lowest BCUT2D eigenvalue weighted by atomic mass is 10.3. The molecule has 0 amide bonds. The van der Waals surface area contributed by atoms with Gasteiger partial charge in [-0.2, -0.15) is 0 Å². The summed E-state index contributed by atoms with van der Waals surface area (Å²) in [5, 5.41) is 8.52. The van der Waals surface area contributed by atoms with Crippen LogP contribution in [-0.2, 0) is 14.8 Å². The fourth-order valence-corrected chi connectivity index (χ4v) is 3.62. The van der Waals surface area contributed by atoms with E-state index in [9.17, 15) is 22.0 Å². The molecule has 140 valence electrons. The maximum atomic E-state index is 14.0. The number of anilines is 1. The van der Waals surface area contributed by atoms with E-state index in [1.165, 1.54) is 6.07 Å². The van der Waals surface area contributed by atoms with Crippen LogP contribution in [0.3, 0.4) is 0 Å². The van der Waals surface area contributed by atoms with Crippen LogP contribution in [0.15, 0.2) is 45.8 Å². The molecular weight excluding hydrogens is 436 g/mol. The average Bonchev–Trinajstić information content (AvgIpc) is 2.55. The van der Waals surface area contributed by atoms with E-state index in [1.807, 2.05) is 0 Å². The van der Waals surface area contributed by atoms with E-state index < -0.39 is 27.6 Å². The molecule has 2 aromatic rings. The van der Waals surface area contributed by atoms with Gasteiger partial charge in [0.2, 0.25) is 0 Å².